The second-order valence-electron chi connectivity index (χ2n) is 8.74. The van der Waals surface area contributed by atoms with E-state index in [2.05, 4.69) is 21.2 Å². The van der Waals surface area contributed by atoms with Gasteiger partial charge in [0, 0.05) is 53.1 Å². The van der Waals surface area contributed by atoms with E-state index in [4.69, 9.17) is 11.6 Å². The van der Waals surface area contributed by atoms with Crippen molar-refractivity contribution in [3.05, 3.63) is 107 Å². The van der Waals surface area contributed by atoms with Crippen LogP contribution in [-0.2, 0) is 16.1 Å². The average molecular weight is 485 g/mol. The number of fused-ring (bicyclic) bond motifs is 1. The third-order valence-electron chi connectivity index (χ3n) is 6.30. The Kier molecular flexibility index (Phi) is 6.64. The molecule has 0 aliphatic carbocycles. The number of nitrogens with one attached hydrogen (secondary N) is 1. The van der Waals surface area contributed by atoms with E-state index in [0.29, 0.717) is 24.5 Å². The summed E-state index contributed by atoms with van der Waals surface area (Å²) in [5.41, 5.74) is 6.81. The Morgan fingerprint density at radius 2 is 1.77 bits per heavy atom. The number of nitrogens with zero attached hydrogens (tertiary/aromatic N) is 3. The van der Waals surface area contributed by atoms with Gasteiger partial charge in [0.05, 0.1) is 6.21 Å². The van der Waals surface area contributed by atoms with Gasteiger partial charge in [0.15, 0.2) is 0 Å². The van der Waals surface area contributed by atoms with E-state index in [1.807, 2.05) is 79.0 Å². The minimum Gasteiger partial charge on any atom is -0.342 e. The van der Waals surface area contributed by atoms with Crippen LogP contribution in [0.3, 0.4) is 0 Å². The maximum absolute atomic E-state index is 12.5. The Hall–Kier alpha value is -3.90. The van der Waals surface area contributed by atoms with Crippen molar-refractivity contribution < 1.29 is 9.59 Å². The highest BCUT2D eigenvalue weighted by Gasteiger charge is 2.31. The van der Waals surface area contributed by atoms with Gasteiger partial charge >= 0.3 is 0 Å². The second kappa shape index (κ2) is 10.2. The van der Waals surface area contributed by atoms with E-state index < -0.39 is 0 Å². The molecule has 7 heteroatoms. The molecule has 1 saturated heterocycles. The van der Waals surface area contributed by atoms with Crippen molar-refractivity contribution in [1.82, 2.24) is 14.9 Å². The van der Waals surface area contributed by atoms with Crippen molar-refractivity contribution in [2.45, 2.75) is 18.9 Å². The highest BCUT2D eigenvalue weighted by molar-refractivity contribution is 6.30. The number of hydrazone groups is 1. The first-order valence-corrected chi connectivity index (χ1v) is 11.9. The summed E-state index contributed by atoms with van der Waals surface area (Å²) >= 11 is 6.01. The summed E-state index contributed by atoms with van der Waals surface area (Å²) in [6.07, 6.45) is 4.09. The first kappa shape index (κ1) is 22.9. The molecule has 1 fully saturated rings. The van der Waals surface area contributed by atoms with Crippen molar-refractivity contribution in [1.29, 1.82) is 0 Å². The number of carbonyl (C=O) groups excluding carboxylic acids is 2. The van der Waals surface area contributed by atoms with Gasteiger partial charge in [-0.25, -0.2) is 5.43 Å². The molecule has 1 atom stereocenters. The number of rotatable bonds is 7. The number of hydrogen-bond acceptors (Lipinski definition) is 3. The molecular formula is C28H25ClN4O2. The van der Waals surface area contributed by atoms with E-state index in [-0.39, 0.29) is 24.3 Å². The van der Waals surface area contributed by atoms with Crippen LogP contribution in [0.15, 0.2) is 90.2 Å². The molecule has 0 radical (unpaired) electrons. The highest BCUT2D eigenvalue weighted by Crippen LogP contribution is 2.27. The fourth-order valence-corrected chi connectivity index (χ4v) is 4.68. The standard InChI is InChI=1S/C28H25ClN4O2/c29-24-12-10-20(11-13-24)16-32-18-23(25-8-4-5-9-26(25)32)15-30-31-27(34)19-33-17-22(14-28(33)35)21-6-2-1-3-7-21/h1-13,15,18,22H,14,16-17,19H2,(H,31,34)/b30-15-/t22-/m1/s1. The normalized spacial score (nSPS) is 15.9. The zero-order chi connectivity index (χ0) is 24.2. The van der Waals surface area contributed by atoms with Crippen LogP contribution < -0.4 is 5.43 Å². The Morgan fingerprint density at radius 1 is 1.03 bits per heavy atom. The molecule has 5 rings (SSSR count). The van der Waals surface area contributed by atoms with Gasteiger partial charge < -0.3 is 9.47 Å². The van der Waals surface area contributed by atoms with Gasteiger partial charge in [-0.1, -0.05) is 72.3 Å². The van der Waals surface area contributed by atoms with Gasteiger partial charge in [0.2, 0.25) is 5.91 Å². The van der Waals surface area contributed by atoms with Gasteiger partial charge in [-0.2, -0.15) is 5.10 Å². The Morgan fingerprint density at radius 3 is 2.57 bits per heavy atom. The molecule has 1 N–H and O–H groups in total. The Labute approximate surface area is 208 Å². The summed E-state index contributed by atoms with van der Waals surface area (Å²) in [5, 5.41) is 5.93. The van der Waals surface area contributed by atoms with Crippen molar-refractivity contribution >= 4 is 40.5 Å². The smallest absolute Gasteiger partial charge is 0.259 e. The van der Waals surface area contributed by atoms with E-state index in [9.17, 15) is 9.59 Å². The van der Waals surface area contributed by atoms with Crippen LogP contribution in [0.4, 0.5) is 0 Å². The first-order chi connectivity index (χ1) is 17.1. The predicted octanol–water partition coefficient (Wildman–Crippen LogP) is 4.81. The van der Waals surface area contributed by atoms with Crippen molar-refractivity contribution in [2.24, 2.45) is 5.10 Å². The lowest BCUT2D eigenvalue weighted by atomic mass is 9.99. The maximum atomic E-state index is 12.5. The second-order valence-corrected chi connectivity index (χ2v) is 9.17. The number of halogens is 1. The monoisotopic (exact) mass is 484 g/mol. The van der Waals surface area contributed by atoms with E-state index in [0.717, 1.165) is 27.6 Å². The van der Waals surface area contributed by atoms with Crippen LogP contribution in [0, 0.1) is 0 Å². The summed E-state index contributed by atoms with van der Waals surface area (Å²) in [6, 6.07) is 25.8. The summed E-state index contributed by atoms with van der Waals surface area (Å²) in [7, 11) is 0. The molecule has 3 aromatic carbocycles. The van der Waals surface area contributed by atoms with E-state index in [1.54, 1.807) is 11.1 Å². The molecule has 2 amide bonds. The van der Waals surface area contributed by atoms with E-state index in [1.165, 1.54) is 0 Å². The fraction of sp³-hybridized carbons (Fsp3) is 0.179. The molecule has 1 aliphatic rings. The van der Waals surface area contributed by atoms with Gasteiger partial charge in [-0.15, -0.1) is 0 Å². The average Bonchev–Trinajstić information content (AvgIpc) is 3.41. The summed E-state index contributed by atoms with van der Waals surface area (Å²) < 4.78 is 2.15. The van der Waals surface area contributed by atoms with Crippen LogP contribution >= 0.6 is 11.6 Å². The summed E-state index contributed by atoms with van der Waals surface area (Å²) in [5.74, 6) is -0.205. The topological polar surface area (TPSA) is 66.7 Å². The van der Waals surface area contributed by atoms with Gasteiger partial charge in [-0.3, -0.25) is 9.59 Å². The zero-order valence-corrected chi connectivity index (χ0v) is 19.9. The van der Waals surface area contributed by atoms with Crippen LogP contribution in [0.25, 0.3) is 10.9 Å². The lowest BCUT2D eigenvalue weighted by Gasteiger charge is -2.15. The molecule has 6 nitrogen and oxygen atoms in total. The third-order valence-corrected chi connectivity index (χ3v) is 6.55. The lowest BCUT2D eigenvalue weighted by molar-refractivity contribution is -0.133. The molecule has 0 unspecified atom stereocenters. The van der Waals surface area contributed by atoms with E-state index >= 15 is 0 Å². The molecule has 4 aromatic rings. The molecular weight excluding hydrogens is 460 g/mol. The minimum absolute atomic E-state index is 0.00215. The lowest BCUT2D eigenvalue weighted by Crippen LogP contribution is -2.36. The molecule has 0 bridgehead atoms. The molecule has 1 aromatic heterocycles. The van der Waals surface area contributed by atoms with Gasteiger partial charge in [0.25, 0.3) is 5.91 Å². The number of hydrogen-bond donors (Lipinski definition) is 1. The number of amides is 2. The summed E-state index contributed by atoms with van der Waals surface area (Å²) in [4.78, 5) is 26.5. The fourth-order valence-electron chi connectivity index (χ4n) is 4.55. The zero-order valence-electron chi connectivity index (χ0n) is 19.1. The van der Waals surface area contributed by atoms with Crippen LogP contribution in [-0.4, -0.2) is 40.6 Å². The number of benzene rings is 3. The first-order valence-electron chi connectivity index (χ1n) is 11.5. The molecule has 2 heterocycles. The summed E-state index contributed by atoms with van der Waals surface area (Å²) in [6.45, 7) is 1.23. The van der Waals surface area contributed by atoms with Crippen molar-refractivity contribution in [3.8, 4) is 0 Å². The largest absolute Gasteiger partial charge is 0.342 e. The number of likely N-dealkylation sites (tertiary alicyclic amines) is 1. The SMILES string of the molecule is O=C(CN1C[C@H](c2ccccc2)CC1=O)N/N=C\c1cn(Cc2ccc(Cl)cc2)c2ccccc12. The predicted molar refractivity (Wildman–Crippen MR) is 139 cm³/mol. The highest BCUT2D eigenvalue weighted by atomic mass is 35.5. The maximum Gasteiger partial charge on any atom is 0.259 e. The molecule has 35 heavy (non-hydrogen) atoms. The Bertz CT molecular complexity index is 1380. The molecule has 1 aliphatic heterocycles. The number of carbonyl (C=O) groups is 2. The quantitative estimate of drug-likeness (QED) is 0.302. The van der Waals surface area contributed by atoms with Crippen LogP contribution in [0.5, 0.6) is 0 Å². The van der Waals surface area contributed by atoms with Gasteiger partial charge in [0.1, 0.15) is 6.54 Å². The molecule has 0 saturated carbocycles. The van der Waals surface area contributed by atoms with Gasteiger partial charge in [-0.05, 0) is 29.3 Å². The van der Waals surface area contributed by atoms with Crippen molar-refractivity contribution in [3.63, 3.8) is 0 Å². The Balaban J connectivity index is 1.23. The number of aromatic nitrogens is 1. The van der Waals surface area contributed by atoms with Crippen molar-refractivity contribution in [2.75, 3.05) is 13.1 Å². The minimum atomic E-state index is -0.312. The third kappa shape index (κ3) is 5.28. The number of para-hydroxylation sites is 1. The van der Waals surface area contributed by atoms with Crippen LogP contribution in [0.2, 0.25) is 5.02 Å². The molecule has 0 spiro atoms. The molecule has 176 valence electrons. The van der Waals surface area contributed by atoms with Crippen LogP contribution in [0.1, 0.15) is 29.0 Å².